The molecule has 0 saturated carbocycles. The van der Waals surface area contributed by atoms with Gasteiger partial charge in [-0.25, -0.2) is 0 Å². The lowest BCUT2D eigenvalue weighted by Crippen LogP contribution is -2.28. The van der Waals surface area contributed by atoms with Crippen molar-refractivity contribution in [1.29, 1.82) is 0 Å². The minimum absolute atomic E-state index is 0.273. The molecule has 0 aromatic heterocycles. The average molecular weight is 275 g/mol. The monoisotopic (exact) mass is 275 g/mol. The number of benzene rings is 1. The minimum Gasteiger partial charge on any atom is -0.373 e. The van der Waals surface area contributed by atoms with Gasteiger partial charge in [0, 0.05) is 19.1 Å². The second-order valence-electron chi connectivity index (χ2n) is 6.70. The molecule has 1 aliphatic rings. The van der Waals surface area contributed by atoms with Gasteiger partial charge in [0.25, 0.3) is 0 Å². The van der Waals surface area contributed by atoms with Crippen LogP contribution < -0.4 is 5.32 Å². The topological polar surface area (TPSA) is 21.3 Å². The quantitative estimate of drug-likeness (QED) is 0.879. The van der Waals surface area contributed by atoms with Crippen LogP contribution >= 0.6 is 0 Å². The van der Waals surface area contributed by atoms with Crippen LogP contribution in [0.5, 0.6) is 0 Å². The van der Waals surface area contributed by atoms with Gasteiger partial charge in [-0.2, -0.15) is 0 Å². The number of hydrogen-bond acceptors (Lipinski definition) is 2. The molecule has 1 heterocycles. The van der Waals surface area contributed by atoms with Crippen molar-refractivity contribution < 1.29 is 4.74 Å². The highest BCUT2D eigenvalue weighted by Crippen LogP contribution is 2.37. The van der Waals surface area contributed by atoms with Crippen molar-refractivity contribution in [2.45, 2.75) is 47.1 Å². The van der Waals surface area contributed by atoms with Crippen LogP contribution in [0, 0.1) is 32.6 Å². The Kier molecular flexibility index (Phi) is 5.22. The summed E-state index contributed by atoms with van der Waals surface area (Å²) in [7, 11) is 0. The summed E-state index contributed by atoms with van der Waals surface area (Å²) in [6.07, 6.45) is 1.44. The maximum atomic E-state index is 6.07. The van der Waals surface area contributed by atoms with E-state index in [1.807, 2.05) is 0 Å². The standard InChI is InChI=1S/C18H29NO/c1-12(2)10-19-11-16-6-7-20-18(16)17-14(4)8-13(3)9-15(17)5/h8-9,12,16,18-19H,6-7,10-11H2,1-5H3. The Balaban J connectivity index is 2.11. The summed E-state index contributed by atoms with van der Waals surface area (Å²) in [6, 6.07) is 4.56. The Morgan fingerprint density at radius 2 is 1.85 bits per heavy atom. The van der Waals surface area contributed by atoms with Crippen molar-refractivity contribution in [3.05, 3.63) is 34.4 Å². The molecule has 1 saturated heterocycles. The summed E-state index contributed by atoms with van der Waals surface area (Å²) in [4.78, 5) is 0. The van der Waals surface area contributed by atoms with E-state index in [4.69, 9.17) is 4.74 Å². The van der Waals surface area contributed by atoms with Crippen molar-refractivity contribution in [1.82, 2.24) is 5.32 Å². The number of nitrogens with one attached hydrogen (secondary N) is 1. The Morgan fingerprint density at radius 1 is 1.20 bits per heavy atom. The molecule has 0 amide bonds. The zero-order valence-corrected chi connectivity index (χ0v) is 13.6. The molecule has 0 spiro atoms. The maximum Gasteiger partial charge on any atom is 0.0871 e. The van der Waals surface area contributed by atoms with E-state index in [1.54, 1.807) is 0 Å². The number of ether oxygens (including phenoxy) is 1. The number of aryl methyl sites for hydroxylation is 3. The highest BCUT2D eigenvalue weighted by Gasteiger charge is 2.31. The van der Waals surface area contributed by atoms with E-state index in [9.17, 15) is 0 Å². The van der Waals surface area contributed by atoms with Crippen LogP contribution in [0.3, 0.4) is 0 Å². The van der Waals surface area contributed by atoms with Crippen molar-refractivity contribution in [2.75, 3.05) is 19.7 Å². The molecule has 2 nitrogen and oxygen atoms in total. The number of rotatable bonds is 5. The van der Waals surface area contributed by atoms with Gasteiger partial charge in [0.15, 0.2) is 0 Å². The summed E-state index contributed by atoms with van der Waals surface area (Å²) >= 11 is 0. The first-order chi connectivity index (χ1) is 9.49. The van der Waals surface area contributed by atoms with E-state index in [0.717, 1.165) is 19.7 Å². The molecule has 0 radical (unpaired) electrons. The van der Waals surface area contributed by atoms with Crippen LogP contribution in [0.2, 0.25) is 0 Å². The van der Waals surface area contributed by atoms with E-state index in [0.29, 0.717) is 11.8 Å². The molecule has 2 unspecified atom stereocenters. The van der Waals surface area contributed by atoms with E-state index >= 15 is 0 Å². The van der Waals surface area contributed by atoms with Crippen molar-refractivity contribution >= 4 is 0 Å². The normalized spacial score (nSPS) is 22.7. The minimum atomic E-state index is 0.273. The fraction of sp³-hybridized carbons (Fsp3) is 0.667. The van der Waals surface area contributed by atoms with Crippen LogP contribution in [-0.4, -0.2) is 19.7 Å². The molecule has 1 aromatic rings. The fourth-order valence-corrected chi connectivity index (χ4v) is 3.36. The van der Waals surface area contributed by atoms with Crippen molar-refractivity contribution in [3.63, 3.8) is 0 Å². The van der Waals surface area contributed by atoms with E-state index in [1.165, 1.54) is 28.7 Å². The molecule has 0 bridgehead atoms. The van der Waals surface area contributed by atoms with Gasteiger partial charge in [-0.05, 0) is 56.3 Å². The lowest BCUT2D eigenvalue weighted by atomic mass is 9.88. The van der Waals surface area contributed by atoms with Gasteiger partial charge in [-0.3, -0.25) is 0 Å². The molecule has 112 valence electrons. The van der Waals surface area contributed by atoms with Gasteiger partial charge in [-0.1, -0.05) is 31.5 Å². The first-order valence-electron chi connectivity index (χ1n) is 7.89. The zero-order chi connectivity index (χ0) is 14.7. The van der Waals surface area contributed by atoms with Gasteiger partial charge in [0.05, 0.1) is 6.10 Å². The van der Waals surface area contributed by atoms with Crippen LogP contribution in [0.1, 0.15) is 48.6 Å². The SMILES string of the molecule is Cc1cc(C)c(C2OCCC2CNCC(C)C)c(C)c1. The van der Waals surface area contributed by atoms with Gasteiger partial charge < -0.3 is 10.1 Å². The molecule has 1 N–H and O–H groups in total. The third kappa shape index (κ3) is 3.62. The first kappa shape index (κ1) is 15.5. The zero-order valence-electron chi connectivity index (χ0n) is 13.6. The molecule has 1 aliphatic heterocycles. The Morgan fingerprint density at radius 3 is 2.45 bits per heavy atom. The van der Waals surface area contributed by atoms with Gasteiger partial charge in [0.2, 0.25) is 0 Å². The fourth-order valence-electron chi connectivity index (χ4n) is 3.36. The summed E-state index contributed by atoms with van der Waals surface area (Å²) in [5.41, 5.74) is 5.52. The third-order valence-electron chi connectivity index (χ3n) is 4.20. The van der Waals surface area contributed by atoms with E-state index in [2.05, 4.69) is 52.1 Å². The molecule has 1 fully saturated rings. The second kappa shape index (κ2) is 6.73. The first-order valence-corrected chi connectivity index (χ1v) is 7.89. The Hall–Kier alpha value is -0.860. The predicted molar refractivity (Wildman–Crippen MR) is 85.2 cm³/mol. The van der Waals surface area contributed by atoms with Gasteiger partial charge in [-0.15, -0.1) is 0 Å². The summed E-state index contributed by atoms with van der Waals surface area (Å²) < 4.78 is 6.07. The van der Waals surface area contributed by atoms with Gasteiger partial charge >= 0.3 is 0 Å². The molecule has 2 rings (SSSR count). The van der Waals surface area contributed by atoms with Crippen LogP contribution in [0.15, 0.2) is 12.1 Å². The molecule has 20 heavy (non-hydrogen) atoms. The Labute approximate surface area is 123 Å². The van der Waals surface area contributed by atoms with Crippen LogP contribution in [0.4, 0.5) is 0 Å². The van der Waals surface area contributed by atoms with E-state index < -0.39 is 0 Å². The predicted octanol–water partition coefficient (Wildman–Crippen LogP) is 3.94. The van der Waals surface area contributed by atoms with Gasteiger partial charge in [0.1, 0.15) is 0 Å². The molecule has 2 heteroatoms. The molecule has 1 aromatic carbocycles. The molecular formula is C18H29NO. The lowest BCUT2D eigenvalue weighted by Gasteiger charge is -2.24. The van der Waals surface area contributed by atoms with Crippen LogP contribution in [0.25, 0.3) is 0 Å². The largest absolute Gasteiger partial charge is 0.373 e. The maximum absolute atomic E-state index is 6.07. The summed E-state index contributed by atoms with van der Waals surface area (Å²) in [5.74, 6) is 1.31. The smallest absolute Gasteiger partial charge is 0.0871 e. The second-order valence-corrected chi connectivity index (χ2v) is 6.70. The highest BCUT2D eigenvalue weighted by molar-refractivity contribution is 5.39. The van der Waals surface area contributed by atoms with Crippen LogP contribution in [-0.2, 0) is 4.74 Å². The van der Waals surface area contributed by atoms with E-state index in [-0.39, 0.29) is 6.10 Å². The Bertz CT molecular complexity index is 430. The summed E-state index contributed by atoms with van der Waals surface area (Å²) in [5, 5.41) is 3.60. The van der Waals surface area contributed by atoms with Crippen molar-refractivity contribution in [3.8, 4) is 0 Å². The third-order valence-corrected chi connectivity index (χ3v) is 4.20. The average Bonchev–Trinajstić information content (AvgIpc) is 2.75. The van der Waals surface area contributed by atoms with Crippen molar-refractivity contribution in [2.24, 2.45) is 11.8 Å². The highest BCUT2D eigenvalue weighted by atomic mass is 16.5. The number of hydrogen-bond donors (Lipinski definition) is 1. The lowest BCUT2D eigenvalue weighted by molar-refractivity contribution is 0.0893. The molecular weight excluding hydrogens is 246 g/mol. The summed E-state index contributed by atoms with van der Waals surface area (Å²) in [6.45, 7) is 14.2. The molecule has 0 aliphatic carbocycles. The molecule has 2 atom stereocenters.